The molecule has 0 bridgehead atoms. The maximum absolute atomic E-state index is 6.47. The fourth-order valence-corrected chi connectivity index (χ4v) is 5.47. The molecule has 3 rings (SSSR count). The average molecular weight is 448 g/mol. The second-order valence-electron chi connectivity index (χ2n) is 10.5. The molecule has 0 spiro atoms. The van der Waals surface area contributed by atoms with E-state index in [1.54, 1.807) is 14.2 Å². The van der Waals surface area contributed by atoms with Gasteiger partial charge in [0.2, 0.25) is 0 Å². The van der Waals surface area contributed by atoms with Crippen molar-refractivity contribution < 1.29 is 18.9 Å². The van der Waals surface area contributed by atoms with Crippen LogP contribution in [0.15, 0.2) is 12.1 Å². The molecule has 5 heteroatoms. The van der Waals surface area contributed by atoms with E-state index in [0.29, 0.717) is 11.3 Å². The predicted molar refractivity (Wildman–Crippen MR) is 129 cm³/mol. The molecular weight excluding hydrogens is 402 g/mol. The molecule has 1 aromatic rings. The Balaban J connectivity index is 1.70. The lowest BCUT2D eigenvalue weighted by atomic mass is 9.77. The largest absolute Gasteiger partial charge is 0.493 e. The summed E-state index contributed by atoms with van der Waals surface area (Å²) >= 11 is 0. The van der Waals surface area contributed by atoms with Crippen LogP contribution in [-0.4, -0.2) is 51.2 Å². The van der Waals surface area contributed by atoms with Crippen LogP contribution in [0.2, 0.25) is 0 Å². The van der Waals surface area contributed by atoms with Gasteiger partial charge < -0.3 is 18.9 Å². The first-order chi connectivity index (χ1) is 15.3. The molecule has 182 valence electrons. The summed E-state index contributed by atoms with van der Waals surface area (Å²) in [6.07, 6.45) is 8.21. The number of rotatable bonds is 11. The van der Waals surface area contributed by atoms with E-state index in [1.165, 1.54) is 36.8 Å². The van der Waals surface area contributed by atoms with Gasteiger partial charge >= 0.3 is 0 Å². The predicted octanol–water partition coefficient (Wildman–Crippen LogP) is 5.83. The van der Waals surface area contributed by atoms with Gasteiger partial charge in [0.05, 0.1) is 20.3 Å². The molecule has 0 radical (unpaired) electrons. The molecular formula is C27H45NO4. The molecule has 0 amide bonds. The Hall–Kier alpha value is -1.30. The minimum absolute atomic E-state index is 0.0330. The summed E-state index contributed by atoms with van der Waals surface area (Å²) in [4.78, 5) is 2.60. The Labute approximate surface area is 195 Å². The average Bonchev–Trinajstić information content (AvgIpc) is 2.78. The van der Waals surface area contributed by atoms with Gasteiger partial charge in [0.1, 0.15) is 0 Å². The fourth-order valence-electron chi connectivity index (χ4n) is 5.47. The standard InChI is InChI=1S/C27H45NO4/c1-7-12-27(3,4)17-23(20(2)32-26-10-8-9-14-31-26)19-28-13-11-21-15-24(29-5)25(30-6)16-22(21)18-28/h15-16,20,23,26H,7-14,17-19H2,1-6H3/t20-,23?,26?/m1/s1. The number of nitrogens with zero attached hydrogens (tertiary/aromatic N) is 1. The van der Waals surface area contributed by atoms with E-state index < -0.39 is 0 Å². The molecule has 0 aliphatic carbocycles. The van der Waals surface area contributed by atoms with Gasteiger partial charge in [-0.1, -0.05) is 27.2 Å². The molecule has 2 unspecified atom stereocenters. The summed E-state index contributed by atoms with van der Waals surface area (Å²) in [5.74, 6) is 2.12. The lowest BCUT2D eigenvalue weighted by molar-refractivity contribution is -0.197. The van der Waals surface area contributed by atoms with Crippen LogP contribution in [0.3, 0.4) is 0 Å². The van der Waals surface area contributed by atoms with E-state index in [-0.39, 0.29) is 12.4 Å². The minimum atomic E-state index is -0.0330. The van der Waals surface area contributed by atoms with E-state index in [9.17, 15) is 0 Å². The first-order valence-electron chi connectivity index (χ1n) is 12.6. The second-order valence-corrected chi connectivity index (χ2v) is 10.5. The topological polar surface area (TPSA) is 40.2 Å². The van der Waals surface area contributed by atoms with Gasteiger partial charge in [-0.15, -0.1) is 0 Å². The van der Waals surface area contributed by atoms with Crippen LogP contribution in [0.5, 0.6) is 11.5 Å². The van der Waals surface area contributed by atoms with Crippen molar-refractivity contribution in [1.82, 2.24) is 4.90 Å². The zero-order valence-corrected chi connectivity index (χ0v) is 21.2. The third kappa shape index (κ3) is 6.85. The zero-order chi connectivity index (χ0) is 23.1. The van der Waals surface area contributed by atoms with Gasteiger partial charge in [0, 0.05) is 26.2 Å². The van der Waals surface area contributed by atoms with E-state index in [1.807, 2.05) is 0 Å². The molecule has 2 aliphatic heterocycles. The van der Waals surface area contributed by atoms with Crippen LogP contribution in [0.1, 0.15) is 77.3 Å². The smallest absolute Gasteiger partial charge is 0.161 e. The molecule has 2 heterocycles. The third-order valence-electron chi connectivity index (χ3n) is 7.20. The molecule has 0 saturated carbocycles. The van der Waals surface area contributed by atoms with Crippen LogP contribution >= 0.6 is 0 Å². The van der Waals surface area contributed by atoms with Crippen molar-refractivity contribution in [1.29, 1.82) is 0 Å². The lowest BCUT2D eigenvalue weighted by Gasteiger charge is -2.39. The number of hydrogen-bond acceptors (Lipinski definition) is 5. The highest BCUT2D eigenvalue weighted by Gasteiger charge is 2.31. The molecule has 1 saturated heterocycles. The third-order valence-corrected chi connectivity index (χ3v) is 7.20. The minimum Gasteiger partial charge on any atom is -0.493 e. The molecule has 2 aliphatic rings. The molecule has 32 heavy (non-hydrogen) atoms. The summed E-state index contributed by atoms with van der Waals surface area (Å²) in [6.45, 7) is 13.3. The van der Waals surface area contributed by atoms with Gasteiger partial charge in [0.15, 0.2) is 17.8 Å². The van der Waals surface area contributed by atoms with Gasteiger partial charge in [-0.25, -0.2) is 0 Å². The zero-order valence-electron chi connectivity index (χ0n) is 21.2. The Bertz CT molecular complexity index is 714. The van der Waals surface area contributed by atoms with Crippen molar-refractivity contribution in [2.75, 3.05) is 33.9 Å². The normalized spacial score (nSPS) is 21.6. The van der Waals surface area contributed by atoms with Gasteiger partial charge in [-0.2, -0.15) is 0 Å². The fraction of sp³-hybridized carbons (Fsp3) is 0.778. The summed E-state index contributed by atoms with van der Waals surface area (Å²) < 4.78 is 23.4. The van der Waals surface area contributed by atoms with Crippen LogP contribution in [0, 0.1) is 11.3 Å². The Morgan fingerprint density at radius 3 is 2.47 bits per heavy atom. The Morgan fingerprint density at radius 2 is 1.84 bits per heavy atom. The van der Waals surface area contributed by atoms with Crippen molar-refractivity contribution in [3.05, 3.63) is 23.3 Å². The number of fused-ring (bicyclic) bond motifs is 1. The van der Waals surface area contributed by atoms with E-state index in [2.05, 4.69) is 44.7 Å². The highest BCUT2D eigenvalue weighted by Crippen LogP contribution is 2.36. The number of methoxy groups -OCH3 is 2. The summed E-state index contributed by atoms with van der Waals surface area (Å²) in [5, 5.41) is 0. The summed E-state index contributed by atoms with van der Waals surface area (Å²) in [5.41, 5.74) is 3.04. The van der Waals surface area contributed by atoms with Crippen molar-refractivity contribution in [3.63, 3.8) is 0 Å². The molecule has 0 N–H and O–H groups in total. The van der Waals surface area contributed by atoms with Crippen LogP contribution in [0.25, 0.3) is 0 Å². The highest BCUT2D eigenvalue weighted by atomic mass is 16.7. The Morgan fingerprint density at radius 1 is 1.12 bits per heavy atom. The highest BCUT2D eigenvalue weighted by molar-refractivity contribution is 5.48. The monoisotopic (exact) mass is 447 g/mol. The van der Waals surface area contributed by atoms with Gasteiger partial charge in [-0.3, -0.25) is 4.90 Å². The summed E-state index contributed by atoms with van der Waals surface area (Å²) in [6, 6.07) is 4.31. The second kappa shape index (κ2) is 11.7. The number of ether oxygens (including phenoxy) is 4. The van der Waals surface area contributed by atoms with Gasteiger partial charge in [0.25, 0.3) is 0 Å². The van der Waals surface area contributed by atoms with Crippen molar-refractivity contribution >= 4 is 0 Å². The maximum atomic E-state index is 6.47. The van der Waals surface area contributed by atoms with Crippen molar-refractivity contribution in [3.8, 4) is 11.5 Å². The van der Waals surface area contributed by atoms with Crippen LogP contribution in [-0.2, 0) is 22.4 Å². The van der Waals surface area contributed by atoms with Gasteiger partial charge in [-0.05, 0) is 80.0 Å². The SMILES string of the molecule is CCCC(C)(C)CC(CN1CCc2cc(OC)c(OC)cc2C1)[C@@H](C)OC1CCCCO1. The van der Waals surface area contributed by atoms with E-state index in [0.717, 1.165) is 57.0 Å². The molecule has 1 fully saturated rings. The maximum Gasteiger partial charge on any atom is 0.161 e. The lowest BCUT2D eigenvalue weighted by Crippen LogP contribution is -2.41. The van der Waals surface area contributed by atoms with E-state index >= 15 is 0 Å². The van der Waals surface area contributed by atoms with Crippen molar-refractivity contribution in [2.45, 2.75) is 91.6 Å². The van der Waals surface area contributed by atoms with Crippen LogP contribution in [0.4, 0.5) is 0 Å². The first kappa shape index (κ1) is 25.3. The summed E-state index contributed by atoms with van der Waals surface area (Å²) in [7, 11) is 3.42. The first-order valence-corrected chi connectivity index (χ1v) is 12.6. The molecule has 0 aromatic heterocycles. The van der Waals surface area contributed by atoms with Crippen LogP contribution < -0.4 is 9.47 Å². The number of benzene rings is 1. The van der Waals surface area contributed by atoms with E-state index in [4.69, 9.17) is 18.9 Å². The molecule has 3 atom stereocenters. The van der Waals surface area contributed by atoms with Crippen molar-refractivity contribution in [2.24, 2.45) is 11.3 Å². The number of hydrogen-bond donors (Lipinski definition) is 0. The Kier molecular flexibility index (Phi) is 9.27. The molecule has 5 nitrogen and oxygen atoms in total. The quantitative estimate of drug-likeness (QED) is 0.427. The molecule has 1 aromatic carbocycles.